The zero-order chi connectivity index (χ0) is 10.8. The second-order valence-corrected chi connectivity index (χ2v) is 5.01. The van der Waals surface area contributed by atoms with Crippen molar-refractivity contribution in [2.24, 2.45) is 5.92 Å². The Morgan fingerprint density at radius 3 is 2.67 bits per heavy atom. The third kappa shape index (κ3) is 2.17. The molecule has 3 heteroatoms. The maximum absolute atomic E-state index is 11.0. The van der Waals surface area contributed by atoms with Crippen molar-refractivity contribution in [3.8, 4) is 0 Å². The molecule has 15 heavy (non-hydrogen) atoms. The predicted molar refractivity (Wildman–Crippen MR) is 58.8 cm³/mol. The molecule has 2 fully saturated rings. The van der Waals surface area contributed by atoms with Crippen LogP contribution in [0.1, 0.15) is 45.4 Å². The summed E-state index contributed by atoms with van der Waals surface area (Å²) in [7, 11) is 0. The van der Waals surface area contributed by atoms with E-state index in [9.17, 15) is 4.79 Å². The Balaban J connectivity index is 2.06. The van der Waals surface area contributed by atoms with Crippen LogP contribution in [0.25, 0.3) is 0 Å². The average Bonchev–Trinajstić information content (AvgIpc) is 2.27. The predicted octanol–water partition coefficient (Wildman–Crippen LogP) is 2.11. The van der Waals surface area contributed by atoms with E-state index in [1.54, 1.807) is 0 Å². The van der Waals surface area contributed by atoms with Gasteiger partial charge >= 0.3 is 5.97 Å². The lowest BCUT2D eigenvalue weighted by Gasteiger charge is -2.45. The van der Waals surface area contributed by atoms with Crippen molar-refractivity contribution in [3.05, 3.63) is 0 Å². The lowest BCUT2D eigenvalue weighted by Crippen LogP contribution is -2.53. The van der Waals surface area contributed by atoms with Crippen molar-refractivity contribution in [3.63, 3.8) is 0 Å². The summed E-state index contributed by atoms with van der Waals surface area (Å²) in [6.45, 7) is 2.81. The molecule has 0 bridgehead atoms. The SMILES string of the molecule is CC(C(=O)O)N1CCC[C@@H]2CCCC[C@@H]21. The maximum atomic E-state index is 11.0. The van der Waals surface area contributed by atoms with Gasteiger partial charge in [0, 0.05) is 6.04 Å². The van der Waals surface area contributed by atoms with Gasteiger partial charge < -0.3 is 5.11 Å². The normalized spacial score (nSPS) is 34.5. The van der Waals surface area contributed by atoms with Crippen LogP contribution in [0.5, 0.6) is 0 Å². The number of carboxylic acid groups (broad SMARTS) is 1. The van der Waals surface area contributed by atoms with Gasteiger partial charge in [0.15, 0.2) is 0 Å². The van der Waals surface area contributed by atoms with E-state index in [4.69, 9.17) is 5.11 Å². The highest BCUT2D eigenvalue weighted by molar-refractivity contribution is 5.72. The zero-order valence-corrected chi connectivity index (χ0v) is 9.48. The van der Waals surface area contributed by atoms with Crippen LogP contribution in [0.4, 0.5) is 0 Å². The molecule has 0 radical (unpaired) electrons. The summed E-state index contributed by atoms with van der Waals surface area (Å²) >= 11 is 0. The molecular formula is C12H21NO2. The topological polar surface area (TPSA) is 40.5 Å². The van der Waals surface area contributed by atoms with Gasteiger partial charge in [-0.1, -0.05) is 12.8 Å². The first kappa shape index (κ1) is 10.9. The molecule has 86 valence electrons. The fourth-order valence-electron chi connectivity index (χ4n) is 3.29. The van der Waals surface area contributed by atoms with Gasteiger partial charge in [0.2, 0.25) is 0 Å². The summed E-state index contributed by atoms with van der Waals surface area (Å²) in [4.78, 5) is 13.3. The minimum Gasteiger partial charge on any atom is -0.480 e. The van der Waals surface area contributed by atoms with Crippen LogP contribution < -0.4 is 0 Å². The first-order valence-electron chi connectivity index (χ1n) is 6.18. The van der Waals surface area contributed by atoms with E-state index in [-0.39, 0.29) is 6.04 Å². The lowest BCUT2D eigenvalue weighted by atomic mass is 9.78. The third-order valence-electron chi connectivity index (χ3n) is 4.14. The van der Waals surface area contributed by atoms with Crippen molar-refractivity contribution in [1.82, 2.24) is 4.90 Å². The van der Waals surface area contributed by atoms with E-state index in [2.05, 4.69) is 4.90 Å². The molecule has 1 aliphatic carbocycles. The first-order chi connectivity index (χ1) is 7.20. The van der Waals surface area contributed by atoms with Crippen molar-refractivity contribution < 1.29 is 9.90 Å². The molecule has 0 aromatic rings. The van der Waals surface area contributed by atoms with Crippen LogP contribution >= 0.6 is 0 Å². The number of piperidine rings is 1. The second-order valence-electron chi connectivity index (χ2n) is 5.01. The Kier molecular flexibility index (Phi) is 3.29. The van der Waals surface area contributed by atoms with Crippen LogP contribution in [0, 0.1) is 5.92 Å². The molecule has 1 saturated carbocycles. The Labute approximate surface area is 91.5 Å². The summed E-state index contributed by atoms with van der Waals surface area (Å²) in [6.07, 6.45) is 7.64. The number of hydrogen-bond donors (Lipinski definition) is 1. The molecule has 3 nitrogen and oxygen atoms in total. The molecule has 0 amide bonds. The largest absolute Gasteiger partial charge is 0.480 e. The van der Waals surface area contributed by atoms with Crippen molar-refractivity contribution in [2.75, 3.05) is 6.54 Å². The van der Waals surface area contributed by atoms with E-state index in [1.807, 2.05) is 6.92 Å². The maximum Gasteiger partial charge on any atom is 0.320 e. The average molecular weight is 211 g/mol. The molecule has 1 aliphatic heterocycles. The Bertz CT molecular complexity index is 240. The fourth-order valence-corrected chi connectivity index (χ4v) is 3.29. The Hall–Kier alpha value is -0.570. The fraction of sp³-hybridized carbons (Fsp3) is 0.917. The van der Waals surface area contributed by atoms with Gasteiger partial charge in [0.25, 0.3) is 0 Å². The Morgan fingerprint density at radius 2 is 1.93 bits per heavy atom. The highest BCUT2D eigenvalue weighted by Gasteiger charge is 2.37. The van der Waals surface area contributed by atoms with Crippen molar-refractivity contribution in [1.29, 1.82) is 0 Å². The molecule has 0 aromatic heterocycles. The highest BCUT2D eigenvalue weighted by atomic mass is 16.4. The van der Waals surface area contributed by atoms with Crippen LogP contribution in [-0.2, 0) is 4.79 Å². The molecule has 0 spiro atoms. The Morgan fingerprint density at radius 1 is 1.27 bits per heavy atom. The monoisotopic (exact) mass is 211 g/mol. The molecule has 2 rings (SSSR count). The van der Waals surface area contributed by atoms with Gasteiger partial charge in [-0.3, -0.25) is 9.69 Å². The van der Waals surface area contributed by atoms with Gasteiger partial charge in [-0.05, 0) is 45.1 Å². The summed E-state index contributed by atoms with van der Waals surface area (Å²) < 4.78 is 0. The molecule has 3 atom stereocenters. The number of carbonyl (C=O) groups is 1. The number of hydrogen-bond acceptors (Lipinski definition) is 2. The number of likely N-dealkylation sites (tertiary alicyclic amines) is 1. The van der Waals surface area contributed by atoms with Gasteiger partial charge in [0.1, 0.15) is 6.04 Å². The molecular weight excluding hydrogens is 190 g/mol. The van der Waals surface area contributed by atoms with Crippen LogP contribution in [0.3, 0.4) is 0 Å². The molecule has 1 saturated heterocycles. The van der Waals surface area contributed by atoms with Gasteiger partial charge in [-0.15, -0.1) is 0 Å². The summed E-state index contributed by atoms with van der Waals surface area (Å²) in [6, 6.07) is 0.259. The summed E-state index contributed by atoms with van der Waals surface area (Å²) in [5.74, 6) is 0.107. The summed E-state index contributed by atoms with van der Waals surface area (Å²) in [5, 5.41) is 9.08. The number of nitrogens with zero attached hydrogens (tertiary/aromatic N) is 1. The number of fused-ring (bicyclic) bond motifs is 1. The third-order valence-corrected chi connectivity index (χ3v) is 4.14. The molecule has 1 heterocycles. The van der Waals surface area contributed by atoms with E-state index in [1.165, 1.54) is 38.5 Å². The molecule has 1 N–H and O–H groups in total. The smallest absolute Gasteiger partial charge is 0.320 e. The van der Waals surface area contributed by atoms with Crippen LogP contribution in [0.2, 0.25) is 0 Å². The number of rotatable bonds is 2. The van der Waals surface area contributed by atoms with Crippen molar-refractivity contribution in [2.45, 2.75) is 57.5 Å². The lowest BCUT2D eigenvalue weighted by molar-refractivity contribution is -0.145. The van der Waals surface area contributed by atoms with Gasteiger partial charge in [-0.25, -0.2) is 0 Å². The molecule has 0 aromatic carbocycles. The zero-order valence-electron chi connectivity index (χ0n) is 9.48. The number of aliphatic carboxylic acids is 1. The highest BCUT2D eigenvalue weighted by Crippen LogP contribution is 2.36. The quantitative estimate of drug-likeness (QED) is 0.760. The second kappa shape index (κ2) is 4.52. The van der Waals surface area contributed by atoms with E-state index >= 15 is 0 Å². The van der Waals surface area contributed by atoms with E-state index < -0.39 is 5.97 Å². The van der Waals surface area contributed by atoms with Gasteiger partial charge in [-0.2, -0.15) is 0 Å². The van der Waals surface area contributed by atoms with Gasteiger partial charge in [0.05, 0.1) is 0 Å². The van der Waals surface area contributed by atoms with Crippen LogP contribution in [0.15, 0.2) is 0 Å². The van der Waals surface area contributed by atoms with Crippen molar-refractivity contribution >= 4 is 5.97 Å². The van der Waals surface area contributed by atoms with E-state index in [0.29, 0.717) is 6.04 Å². The minimum atomic E-state index is -0.666. The van der Waals surface area contributed by atoms with Crippen LogP contribution in [-0.4, -0.2) is 34.6 Å². The first-order valence-corrected chi connectivity index (χ1v) is 6.18. The standard InChI is InChI=1S/C12H21NO2/c1-9(12(14)15)13-8-4-6-10-5-2-3-7-11(10)13/h9-11H,2-8H2,1H3,(H,14,15)/t9?,10-,11-/m0/s1. The number of carboxylic acids is 1. The molecule has 2 aliphatic rings. The minimum absolute atomic E-state index is 0.295. The van der Waals surface area contributed by atoms with E-state index in [0.717, 1.165) is 12.5 Å². The molecule has 1 unspecified atom stereocenters. The summed E-state index contributed by atoms with van der Waals surface area (Å²) in [5.41, 5.74) is 0.